The third-order valence-corrected chi connectivity index (χ3v) is 5.55. The van der Waals surface area contributed by atoms with E-state index in [-0.39, 0.29) is 35.5 Å². The van der Waals surface area contributed by atoms with Gasteiger partial charge in [-0.3, -0.25) is 14.6 Å². The number of carbonyl (C=O) groups is 2. The molecule has 0 unspecified atom stereocenters. The molecule has 174 valence electrons. The quantitative estimate of drug-likeness (QED) is 0.356. The number of nitrogens with one attached hydrogen (secondary N) is 1. The summed E-state index contributed by atoms with van der Waals surface area (Å²) in [5, 5.41) is 3.36. The average Bonchev–Trinajstić information content (AvgIpc) is 3.48. The van der Waals surface area contributed by atoms with Gasteiger partial charge in [0, 0.05) is 54.9 Å². The summed E-state index contributed by atoms with van der Waals surface area (Å²) in [4.78, 5) is 37.5. The number of aromatic nitrogens is 4. The Balaban J connectivity index is 1.65. The molecule has 0 saturated carbocycles. The van der Waals surface area contributed by atoms with Crippen LogP contribution in [0.25, 0.3) is 22.8 Å². The zero-order chi connectivity index (χ0) is 24.1. The summed E-state index contributed by atoms with van der Waals surface area (Å²) in [6, 6.07) is 8.90. The van der Waals surface area contributed by atoms with E-state index in [0.717, 1.165) is 18.5 Å². The number of aryl methyl sites for hydroxylation is 2. The Labute approximate surface area is 202 Å². The van der Waals surface area contributed by atoms with Crippen LogP contribution in [0.15, 0.2) is 59.7 Å². The van der Waals surface area contributed by atoms with Crippen molar-refractivity contribution in [1.29, 1.82) is 0 Å². The molecule has 0 spiro atoms. The molecule has 34 heavy (non-hydrogen) atoms. The summed E-state index contributed by atoms with van der Waals surface area (Å²) in [7, 11) is 0. The van der Waals surface area contributed by atoms with E-state index in [4.69, 9.17) is 16.0 Å². The Bertz CT molecular complexity index is 1310. The van der Waals surface area contributed by atoms with Crippen LogP contribution in [0.4, 0.5) is 0 Å². The largest absolute Gasteiger partial charge is 0.435 e. The molecule has 0 radical (unpaired) electrons. The Kier molecular flexibility index (Phi) is 7.18. The third-order valence-electron chi connectivity index (χ3n) is 5.22. The maximum Gasteiger partial charge on any atom is 0.273 e. The third kappa shape index (κ3) is 5.40. The molecule has 0 aliphatic carbocycles. The van der Waals surface area contributed by atoms with Crippen molar-refractivity contribution in [3.63, 3.8) is 0 Å². The van der Waals surface area contributed by atoms with Gasteiger partial charge in [-0.1, -0.05) is 23.7 Å². The number of imidazole rings is 1. The zero-order valence-electron chi connectivity index (χ0n) is 18.9. The highest BCUT2D eigenvalue weighted by Gasteiger charge is 2.24. The Morgan fingerprint density at radius 2 is 2.03 bits per heavy atom. The average molecular weight is 478 g/mol. The van der Waals surface area contributed by atoms with Crippen LogP contribution < -0.4 is 5.32 Å². The van der Waals surface area contributed by atoms with Gasteiger partial charge in [0.05, 0.1) is 11.3 Å². The molecule has 4 rings (SSSR count). The standard InChI is InChI=1S/C25H24ClN5O3/c1-16-14-29-18(12-17(2)32)13-20(16)25-30-22(23(34-25)19-6-3-4-7-21(19)26)24(33)28-8-5-10-31-11-9-27-15-31/h3-4,6-7,9,11,13-15H,5,8,10,12H2,1-2H3,(H,28,33). The number of pyridine rings is 1. The van der Waals surface area contributed by atoms with Crippen molar-refractivity contribution < 1.29 is 14.0 Å². The summed E-state index contributed by atoms with van der Waals surface area (Å²) in [5.74, 6) is 0.202. The van der Waals surface area contributed by atoms with E-state index in [1.807, 2.05) is 23.8 Å². The van der Waals surface area contributed by atoms with Crippen LogP contribution >= 0.6 is 11.6 Å². The van der Waals surface area contributed by atoms with E-state index >= 15 is 0 Å². The van der Waals surface area contributed by atoms with Crippen molar-refractivity contribution in [3.8, 4) is 22.8 Å². The first kappa shape index (κ1) is 23.4. The van der Waals surface area contributed by atoms with Gasteiger partial charge in [0.15, 0.2) is 11.5 Å². The van der Waals surface area contributed by atoms with E-state index in [2.05, 4.69) is 20.3 Å². The maximum atomic E-state index is 13.1. The lowest BCUT2D eigenvalue weighted by Crippen LogP contribution is -2.26. The van der Waals surface area contributed by atoms with Gasteiger partial charge in [0.2, 0.25) is 5.89 Å². The molecule has 0 aliphatic heterocycles. The molecule has 4 aromatic rings. The van der Waals surface area contributed by atoms with Crippen molar-refractivity contribution in [3.05, 3.63) is 77.2 Å². The van der Waals surface area contributed by atoms with Crippen molar-refractivity contribution in [1.82, 2.24) is 24.8 Å². The van der Waals surface area contributed by atoms with Crippen molar-refractivity contribution in [2.45, 2.75) is 33.2 Å². The molecule has 0 fully saturated rings. The molecule has 1 amide bonds. The number of halogens is 1. The monoisotopic (exact) mass is 477 g/mol. The van der Waals surface area contributed by atoms with Gasteiger partial charge in [-0.25, -0.2) is 9.97 Å². The highest BCUT2D eigenvalue weighted by Crippen LogP contribution is 2.35. The summed E-state index contributed by atoms with van der Waals surface area (Å²) in [6.07, 6.45) is 7.93. The molecule has 0 aliphatic rings. The number of carbonyl (C=O) groups excluding carboxylic acids is 2. The van der Waals surface area contributed by atoms with Crippen molar-refractivity contribution in [2.24, 2.45) is 0 Å². The number of amides is 1. The number of hydrogen-bond donors (Lipinski definition) is 1. The molecule has 1 N–H and O–H groups in total. The maximum absolute atomic E-state index is 13.1. The number of nitrogens with zero attached hydrogens (tertiary/aromatic N) is 4. The van der Waals surface area contributed by atoms with Crippen LogP contribution in [0.2, 0.25) is 5.02 Å². The highest BCUT2D eigenvalue weighted by atomic mass is 35.5. The number of rotatable bonds is 9. The van der Waals surface area contributed by atoms with Gasteiger partial charge in [0.25, 0.3) is 5.91 Å². The van der Waals surface area contributed by atoms with Crippen molar-refractivity contribution in [2.75, 3.05) is 6.54 Å². The lowest BCUT2D eigenvalue weighted by Gasteiger charge is -2.06. The molecular formula is C25H24ClN5O3. The van der Waals surface area contributed by atoms with Crippen LogP contribution in [0.5, 0.6) is 0 Å². The number of hydrogen-bond acceptors (Lipinski definition) is 6. The van der Waals surface area contributed by atoms with Crippen LogP contribution in [-0.2, 0) is 17.8 Å². The minimum Gasteiger partial charge on any atom is -0.435 e. The SMILES string of the molecule is CC(=O)Cc1cc(-c2nc(C(=O)NCCCn3ccnc3)c(-c3ccccc3Cl)o2)c(C)cn1. The first-order valence-electron chi connectivity index (χ1n) is 10.9. The Morgan fingerprint density at radius 1 is 1.21 bits per heavy atom. The predicted octanol–water partition coefficient (Wildman–Crippen LogP) is 4.51. The van der Waals surface area contributed by atoms with Gasteiger partial charge < -0.3 is 14.3 Å². The van der Waals surface area contributed by atoms with E-state index in [1.54, 1.807) is 43.0 Å². The number of ketones is 1. The lowest BCUT2D eigenvalue weighted by atomic mass is 10.1. The second-order valence-electron chi connectivity index (χ2n) is 7.96. The molecule has 0 atom stereocenters. The van der Waals surface area contributed by atoms with E-state index in [1.165, 1.54) is 6.92 Å². The van der Waals surface area contributed by atoms with Crippen LogP contribution in [-0.4, -0.2) is 37.8 Å². The summed E-state index contributed by atoms with van der Waals surface area (Å²) in [5.41, 5.74) is 2.80. The Hall–Kier alpha value is -3.78. The predicted molar refractivity (Wildman–Crippen MR) is 128 cm³/mol. The highest BCUT2D eigenvalue weighted by molar-refractivity contribution is 6.33. The first-order valence-corrected chi connectivity index (χ1v) is 11.2. The van der Waals surface area contributed by atoms with Gasteiger partial charge in [-0.2, -0.15) is 0 Å². The van der Waals surface area contributed by atoms with Crippen LogP contribution in [0, 0.1) is 6.92 Å². The summed E-state index contributed by atoms with van der Waals surface area (Å²) < 4.78 is 8.06. The van der Waals surface area contributed by atoms with Gasteiger partial charge >= 0.3 is 0 Å². The Morgan fingerprint density at radius 3 is 2.76 bits per heavy atom. The minimum absolute atomic E-state index is 0.00206. The van der Waals surface area contributed by atoms with E-state index in [0.29, 0.717) is 28.4 Å². The molecule has 0 bridgehead atoms. The molecule has 8 nitrogen and oxygen atoms in total. The number of oxazole rings is 1. The van der Waals surface area contributed by atoms with Gasteiger partial charge in [0.1, 0.15) is 5.78 Å². The minimum atomic E-state index is -0.355. The summed E-state index contributed by atoms with van der Waals surface area (Å²) in [6.45, 7) is 4.57. The van der Waals surface area contributed by atoms with Crippen LogP contribution in [0.3, 0.4) is 0 Å². The van der Waals surface area contributed by atoms with Gasteiger partial charge in [-0.05, 0) is 44.0 Å². The number of benzene rings is 1. The molecule has 0 saturated heterocycles. The zero-order valence-corrected chi connectivity index (χ0v) is 19.7. The van der Waals surface area contributed by atoms with Crippen LogP contribution in [0.1, 0.15) is 35.1 Å². The smallest absolute Gasteiger partial charge is 0.273 e. The summed E-state index contributed by atoms with van der Waals surface area (Å²) >= 11 is 6.41. The number of Topliss-reactive ketones (excluding diaryl/α,β-unsaturated/α-hetero) is 1. The van der Waals surface area contributed by atoms with E-state index in [9.17, 15) is 9.59 Å². The fraction of sp³-hybridized carbons (Fsp3) is 0.240. The molecule has 3 aromatic heterocycles. The second-order valence-corrected chi connectivity index (χ2v) is 8.36. The second kappa shape index (κ2) is 10.4. The fourth-order valence-electron chi connectivity index (χ4n) is 3.53. The molecular weight excluding hydrogens is 454 g/mol. The van der Waals surface area contributed by atoms with Gasteiger partial charge in [-0.15, -0.1) is 0 Å². The van der Waals surface area contributed by atoms with Crippen molar-refractivity contribution >= 4 is 23.3 Å². The normalized spacial score (nSPS) is 10.9. The molecule has 9 heteroatoms. The van der Waals surface area contributed by atoms with E-state index < -0.39 is 0 Å². The molecule has 3 heterocycles. The molecule has 1 aromatic carbocycles. The lowest BCUT2D eigenvalue weighted by molar-refractivity contribution is -0.116. The fourth-order valence-corrected chi connectivity index (χ4v) is 3.75. The topological polar surface area (TPSA) is 103 Å². The first-order chi connectivity index (χ1) is 16.4.